The number of carbonyl (C=O) groups is 1. The molecule has 98 valence electrons. The minimum absolute atomic E-state index is 0.261. The molecule has 0 aliphatic rings. The van der Waals surface area contributed by atoms with Crippen LogP contribution < -0.4 is 4.74 Å². The Bertz CT molecular complexity index is 513. The standard InChI is InChI=1S/C15H13ClO3/c16-14(17)15(19-13-9-5-2-6-10-13)18-11-12-7-3-1-4-8-12/h1-10,15H,11H2. The fraction of sp³-hybridized carbons (Fsp3) is 0.133. The maximum atomic E-state index is 11.3. The summed E-state index contributed by atoms with van der Waals surface area (Å²) in [5.74, 6) is 0.537. The van der Waals surface area contributed by atoms with Crippen LogP contribution in [0.2, 0.25) is 0 Å². The van der Waals surface area contributed by atoms with E-state index >= 15 is 0 Å². The molecule has 0 saturated heterocycles. The first kappa shape index (κ1) is 13.6. The molecule has 2 aromatic carbocycles. The minimum Gasteiger partial charge on any atom is -0.456 e. The number of ether oxygens (including phenoxy) is 2. The highest BCUT2D eigenvalue weighted by Gasteiger charge is 2.18. The Balaban J connectivity index is 1.95. The molecule has 4 heteroatoms. The molecule has 0 spiro atoms. The molecule has 1 unspecified atom stereocenters. The third kappa shape index (κ3) is 4.39. The van der Waals surface area contributed by atoms with Crippen molar-refractivity contribution in [2.45, 2.75) is 12.9 Å². The first-order valence-corrected chi connectivity index (χ1v) is 6.20. The lowest BCUT2D eigenvalue weighted by atomic mass is 10.2. The van der Waals surface area contributed by atoms with Gasteiger partial charge in [-0.1, -0.05) is 48.5 Å². The Kier molecular flexibility index (Phi) is 4.95. The van der Waals surface area contributed by atoms with Crippen molar-refractivity contribution >= 4 is 16.8 Å². The van der Waals surface area contributed by atoms with Crippen LogP contribution in [0.5, 0.6) is 5.75 Å². The first-order valence-electron chi connectivity index (χ1n) is 5.82. The number of rotatable bonds is 6. The molecular formula is C15H13ClO3. The van der Waals surface area contributed by atoms with Crippen LogP contribution in [0.4, 0.5) is 0 Å². The largest absolute Gasteiger partial charge is 0.456 e. The van der Waals surface area contributed by atoms with Gasteiger partial charge in [0.05, 0.1) is 6.61 Å². The zero-order valence-corrected chi connectivity index (χ0v) is 10.9. The van der Waals surface area contributed by atoms with Crippen LogP contribution in [0.1, 0.15) is 5.56 Å². The maximum Gasteiger partial charge on any atom is 0.290 e. The third-order valence-electron chi connectivity index (χ3n) is 2.42. The molecule has 0 heterocycles. The van der Waals surface area contributed by atoms with Gasteiger partial charge in [-0.25, -0.2) is 0 Å². The Morgan fingerprint density at radius 2 is 1.58 bits per heavy atom. The molecule has 0 aromatic heterocycles. The van der Waals surface area contributed by atoms with Crippen LogP contribution in [-0.2, 0) is 16.1 Å². The van der Waals surface area contributed by atoms with Gasteiger partial charge in [-0.15, -0.1) is 0 Å². The van der Waals surface area contributed by atoms with Crippen molar-refractivity contribution in [2.24, 2.45) is 0 Å². The number of carbonyl (C=O) groups excluding carboxylic acids is 1. The molecule has 2 aromatic rings. The van der Waals surface area contributed by atoms with Crippen molar-refractivity contribution in [1.82, 2.24) is 0 Å². The van der Waals surface area contributed by atoms with Crippen molar-refractivity contribution in [2.75, 3.05) is 0 Å². The van der Waals surface area contributed by atoms with Gasteiger partial charge in [0.25, 0.3) is 11.5 Å². The Labute approximate surface area is 116 Å². The van der Waals surface area contributed by atoms with E-state index in [1.165, 1.54) is 0 Å². The van der Waals surface area contributed by atoms with Crippen LogP contribution in [0, 0.1) is 0 Å². The summed E-state index contributed by atoms with van der Waals surface area (Å²) in [6.45, 7) is 0.261. The predicted molar refractivity (Wildman–Crippen MR) is 72.9 cm³/mol. The van der Waals surface area contributed by atoms with E-state index in [0.717, 1.165) is 5.56 Å². The summed E-state index contributed by atoms with van der Waals surface area (Å²) in [6, 6.07) is 18.4. The monoisotopic (exact) mass is 276 g/mol. The molecule has 0 amide bonds. The summed E-state index contributed by atoms with van der Waals surface area (Å²) in [5, 5.41) is -0.681. The molecule has 0 fully saturated rings. The van der Waals surface area contributed by atoms with E-state index in [4.69, 9.17) is 21.1 Å². The van der Waals surface area contributed by atoms with E-state index in [1.807, 2.05) is 48.5 Å². The zero-order chi connectivity index (χ0) is 13.5. The van der Waals surface area contributed by atoms with Crippen LogP contribution in [0.3, 0.4) is 0 Å². The van der Waals surface area contributed by atoms with E-state index in [-0.39, 0.29) is 6.61 Å². The summed E-state index contributed by atoms with van der Waals surface area (Å²) in [7, 11) is 0. The van der Waals surface area contributed by atoms with E-state index in [2.05, 4.69) is 0 Å². The molecule has 0 N–H and O–H groups in total. The summed E-state index contributed by atoms with van der Waals surface area (Å²) in [4.78, 5) is 11.3. The van der Waals surface area contributed by atoms with E-state index in [9.17, 15) is 4.79 Å². The van der Waals surface area contributed by atoms with Crippen LogP contribution in [0.25, 0.3) is 0 Å². The summed E-state index contributed by atoms with van der Waals surface area (Å²) in [6.07, 6.45) is -1.11. The van der Waals surface area contributed by atoms with Gasteiger partial charge in [0.2, 0.25) is 0 Å². The molecule has 0 aliphatic carbocycles. The van der Waals surface area contributed by atoms with Gasteiger partial charge < -0.3 is 9.47 Å². The van der Waals surface area contributed by atoms with Crippen LogP contribution >= 0.6 is 11.6 Å². The number of para-hydroxylation sites is 1. The molecule has 3 nitrogen and oxygen atoms in total. The van der Waals surface area contributed by atoms with Gasteiger partial charge in [-0.3, -0.25) is 4.79 Å². The van der Waals surface area contributed by atoms with Gasteiger partial charge in [-0.05, 0) is 29.3 Å². The van der Waals surface area contributed by atoms with Crippen molar-refractivity contribution in [3.8, 4) is 5.75 Å². The fourth-order valence-corrected chi connectivity index (χ4v) is 1.62. The van der Waals surface area contributed by atoms with Crippen molar-refractivity contribution in [3.63, 3.8) is 0 Å². The van der Waals surface area contributed by atoms with Crippen molar-refractivity contribution < 1.29 is 14.3 Å². The molecule has 2 rings (SSSR count). The molecule has 1 atom stereocenters. The first-order chi connectivity index (χ1) is 9.25. The number of benzene rings is 2. The minimum atomic E-state index is -1.11. The van der Waals surface area contributed by atoms with Gasteiger partial charge >= 0.3 is 0 Å². The van der Waals surface area contributed by atoms with Crippen molar-refractivity contribution in [3.05, 3.63) is 66.2 Å². The second kappa shape index (κ2) is 6.92. The van der Waals surface area contributed by atoms with Crippen LogP contribution in [-0.4, -0.2) is 11.5 Å². The molecule has 0 aliphatic heterocycles. The second-order valence-electron chi connectivity index (χ2n) is 3.86. The topological polar surface area (TPSA) is 35.5 Å². The van der Waals surface area contributed by atoms with E-state index in [0.29, 0.717) is 5.75 Å². The highest BCUT2D eigenvalue weighted by Crippen LogP contribution is 2.14. The lowest BCUT2D eigenvalue weighted by Gasteiger charge is -2.15. The number of hydrogen-bond acceptors (Lipinski definition) is 3. The summed E-state index contributed by atoms with van der Waals surface area (Å²) >= 11 is 5.47. The highest BCUT2D eigenvalue weighted by atomic mass is 35.5. The quantitative estimate of drug-likeness (QED) is 0.599. The molecular weight excluding hydrogens is 264 g/mol. The molecule has 0 radical (unpaired) electrons. The van der Waals surface area contributed by atoms with E-state index < -0.39 is 11.5 Å². The van der Waals surface area contributed by atoms with Crippen molar-refractivity contribution in [1.29, 1.82) is 0 Å². The van der Waals surface area contributed by atoms with Gasteiger partial charge in [0.1, 0.15) is 5.75 Å². The third-order valence-corrected chi connectivity index (χ3v) is 2.59. The number of hydrogen-bond donors (Lipinski definition) is 0. The van der Waals surface area contributed by atoms with Gasteiger partial charge in [0, 0.05) is 0 Å². The summed E-state index contributed by atoms with van der Waals surface area (Å²) in [5.41, 5.74) is 0.946. The number of halogens is 1. The lowest BCUT2D eigenvalue weighted by molar-refractivity contribution is -0.143. The van der Waals surface area contributed by atoms with Gasteiger partial charge in [-0.2, -0.15) is 0 Å². The SMILES string of the molecule is O=C(Cl)C(OCc1ccccc1)Oc1ccccc1. The Hall–Kier alpha value is -1.84. The highest BCUT2D eigenvalue weighted by molar-refractivity contribution is 6.64. The van der Waals surface area contributed by atoms with Gasteiger partial charge in [0.15, 0.2) is 0 Å². The lowest BCUT2D eigenvalue weighted by Crippen LogP contribution is -2.26. The van der Waals surface area contributed by atoms with Crippen LogP contribution in [0.15, 0.2) is 60.7 Å². The van der Waals surface area contributed by atoms with E-state index in [1.54, 1.807) is 12.1 Å². The Morgan fingerprint density at radius 3 is 2.16 bits per heavy atom. The second-order valence-corrected chi connectivity index (χ2v) is 4.24. The Morgan fingerprint density at radius 1 is 1.00 bits per heavy atom. The predicted octanol–water partition coefficient (Wildman–Crippen LogP) is 3.37. The maximum absolute atomic E-state index is 11.3. The molecule has 0 saturated carbocycles. The summed E-state index contributed by atoms with van der Waals surface area (Å²) < 4.78 is 10.8. The average molecular weight is 277 g/mol. The zero-order valence-electron chi connectivity index (χ0n) is 10.2. The molecule has 0 bridgehead atoms. The smallest absolute Gasteiger partial charge is 0.290 e. The normalized spacial score (nSPS) is 11.8. The average Bonchev–Trinajstić information content (AvgIpc) is 2.45. The molecule has 19 heavy (non-hydrogen) atoms. The fourth-order valence-electron chi connectivity index (χ4n) is 1.51.